The van der Waals surface area contributed by atoms with Crippen molar-refractivity contribution in [2.75, 3.05) is 26.8 Å². The predicted molar refractivity (Wildman–Crippen MR) is 89.3 cm³/mol. The van der Waals surface area contributed by atoms with Gasteiger partial charge in [0.25, 0.3) is 0 Å². The molecule has 0 N–H and O–H groups in total. The molecule has 0 saturated carbocycles. The van der Waals surface area contributed by atoms with Crippen molar-refractivity contribution in [1.82, 2.24) is 4.90 Å². The van der Waals surface area contributed by atoms with Crippen LogP contribution in [0.3, 0.4) is 0 Å². The van der Waals surface area contributed by atoms with Crippen LogP contribution in [-0.2, 0) is 0 Å². The third kappa shape index (κ3) is 6.38. The van der Waals surface area contributed by atoms with Crippen LogP contribution in [0.4, 0.5) is 0 Å². The first-order chi connectivity index (χ1) is 9.99. The van der Waals surface area contributed by atoms with Crippen molar-refractivity contribution >= 4 is 0 Å². The minimum Gasteiger partial charge on any atom is -0.493 e. The van der Waals surface area contributed by atoms with Crippen molar-refractivity contribution in [1.29, 1.82) is 0 Å². The zero-order valence-electron chi connectivity index (χ0n) is 14.3. The van der Waals surface area contributed by atoms with E-state index in [-0.39, 0.29) is 5.54 Å². The van der Waals surface area contributed by atoms with Crippen LogP contribution in [-0.4, -0.2) is 37.2 Å². The van der Waals surface area contributed by atoms with Crippen LogP contribution in [0.1, 0.15) is 47.0 Å². The number of nitrogens with zero attached hydrogens (tertiary/aromatic N) is 1. The van der Waals surface area contributed by atoms with E-state index in [9.17, 15) is 0 Å². The molecule has 21 heavy (non-hydrogen) atoms. The van der Waals surface area contributed by atoms with Gasteiger partial charge in [0.15, 0.2) is 11.5 Å². The molecule has 1 rings (SSSR count). The molecule has 0 fully saturated rings. The second-order valence-electron chi connectivity index (χ2n) is 6.36. The van der Waals surface area contributed by atoms with Gasteiger partial charge in [-0.3, -0.25) is 4.90 Å². The number of benzene rings is 1. The van der Waals surface area contributed by atoms with Crippen molar-refractivity contribution in [2.45, 2.75) is 52.5 Å². The molecular formula is C18H31NO2. The summed E-state index contributed by atoms with van der Waals surface area (Å²) in [4.78, 5) is 2.50. The molecule has 0 aliphatic carbocycles. The molecule has 0 unspecified atom stereocenters. The van der Waals surface area contributed by atoms with Crippen molar-refractivity contribution in [3.8, 4) is 11.5 Å². The van der Waals surface area contributed by atoms with Gasteiger partial charge in [-0.2, -0.15) is 0 Å². The summed E-state index contributed by atoms with van der Waals surface area (Å²) in [6.45, 7) is 11.8. The number of unbranched alkanes of at least 4 members (excludes halogenated alkanes) is 2. The van der Waals surface area contributed by atoms with Crippen LogP contribution in [0.15, 0.2) is 24.3 Å². The molecule has 0 saturated heterocycles. The lowest BCUT2D eigenvalue weighted by Crippen LogP contribution is -2.44. The first kappa shape index (κ1) is 17.8. The lowest BCUT2D eigenvalue weighted by molar-refractivity contribution is 0.109. The van der Waals surface area contributed by atoms with E-state index in [0.29, 0.717) is 6.61 Å². The molecule has 0 aromatic heterocycles. The van der Waals surface area contributed by atoms with E-state index in [1.807, 2.05) is 24.3 Å². The Morgan fingerprint density at radius 2 is 1.67 bits per heavy atom. The van der Waals surface area contributed by atoms with Gasteiger partial charge in [0.2, 0.25) is 0 Å². The number of rotatable bonds is 9. The Morgan fingerprint density at radius 1 is 1.00 bits per heavy atom. The fourth-order valence-electron chi connectivity index (χ4n) is 2.34. The number of para-hydroxylation sites is 2. The molecule has 0 spiro atoms. The first-order valence-corrected chi connectivity index (χ1v) is 8.00. The third-order valence-electron chi connectivity index (χ3n) is 3.67. The van der Waals surface area contributed by atoms with Gasteiger partial charge in [0.1, 0.15) is 6.61 Å². The van der Waals surface area contributed by atoms with Gasteiger partial charge >= 0.3 is 0 Å². The molecule has 3 heteroatoms. The molecule has 120 valence electrons. The van der Waals surface area contributed by atoms with E-state index in [1.54, 1.807) is 7.11 Å². The second kappa shape index (κ2) is 8.93. The van der Waals surface area contributed by atoms with E-state index < -0.39 is 0 Å². The van der Waals surface area contributed by atoms with Gasteiger partial charge < -0.3 is 9.47 Å². The van der Waals surface area contributed by atoms with Crippen LogP contribution >= 0.6 is 0 Å². The van der Waals surface area contributed by atoms with Crippen molar-refractivity contribution < 1.29 is 9.47 Å². The van der Waals surface area contributed by atoms with Crippen LogP contribution in [0.5, 0.6) is 11.5 Å². The van der Waals surface area contributed by atoms with Crippen LogP contribution < -0.4 is 9.47 Å². The summed E-state index contributed by atoms with van der Waals surface area (Å²) in [6.07, 6.45) is 3.80. The van der Waals surface area contributed by atoms with Crippen molar-refractivity contribution in [2.24, 2.45) is 0 Å². The average molecular weight is 293 g/mol. The van der Waals surface area contributed by atoms with Gasteiger partial charge in [0, 0.05) is 12.1 Å². The number of hydrogen-bond acceptors (Lipinski definition) is 3. The number of methoxy groups -OCH3 is 1. The van der Waals surface area contributed by atoms with Crippen LogP contribution in [0, 0.1) is 0 Å². The molecule has 3 nitrogen and oxygen atoms in total. The summed E-state index contributed by atoms with van der Waals surface area (Å²) in [5.74, 6) is 1.62. The van der Waals surface area contributed by atoms with Gasteiger partial charge in [-0.1, -0.05) is 31.9 Å². The zero-order valence-corrected chi connectivity index (χ0v) is 14.3. The fourth-order valence-corrected chi connectivity index (χ4v) is 2.34. The SMILES string of the molecule is CCCCCN(CCOc1ccccc1OC)C(C)(C)C. The van der Waals surface area contributed by atoms with Crippen LogP contribution in [0.2, 0.25) is 0 Å². The molecule has 0 heterocycles. The highest BCUT2D eigenvalue weighted by atomic mass is 16.5. The molecule has 0 atom stereocenters. The topological polar surface area (TPSA) is 21.7 Å². The Hall–Kier alpha value is -1.22. The van der Waals surface area contributed by atoms with E-state index in [0.717, 1.165) is 24.6 Å². The molecular weight excluding hydrogens is 262 g/mol. The standard InChI is InChI=1S/C18H31NO2/c1-6-7-10-13-19(18(2,3)4)14-15-21-17-12-9-8-11-16(17)20-5/h8-9,11-12H,6-7,10,13-15H2,1-5H3. The zero-order chi connectivity index (χ0) is 15.7. The molecule has 0 radical (unpaired) electrons. The lowest BCUT2D eigenvalue weighted by Gasteiger charge is -2.35. The molecule has 1 aromatic rings. The highest BCUT2D eigenvalue weighted by Gasteiger charge is 2.20. The summed E-state index contributed by atoms with van der Waals surface area (Å²) in [6, 6.07) is 7.81. The summed E-state index contributed by atoms with van der Waals surface area (Å²) in [5, 5.41) is 0. The number of hydrogen-bond donors (Lipinski definition) is 0. The largest absolute Gasteiger partial charge is 0.493 e. The van der Waals surface area contributed by atoms with E-state index in [4.69, 9.17) is 9.47 Å². The quantitative estimate of drug-likeness (QED) is 0.631. The molecule has 1 aromatic carbocycles. The maximum Gasteiger partial charge on any atom is 0.161 e. The Morgan fingerprint density at radius 3 is 2.24 bits per heavy atom. The maximum absolute atomic E-state index is 5.89. The monoisotopic (exact) mass is 293 g/mol. The van der Waals surface area contributed by atoms with Crippen molar-refractivity contribution in [3.63, 3.8) is 0 Å². The third-order valence-corrected chi connectivity index (χ3v) is 3.67. The normalized spacial score (nSPS) is 11.7. The molecule has 0 aliphatic heterocycles. The highest BCUT2D eigenvalue weighted by Crippen LogP contribution is 2.25. The average Bonchev–Trinajstić information content (AvgIpc) is 2.45. The number of ether oxygens (including phenoxy) is 2. The fraction of sp³-hybridized carbons (Fsp3) is 0.667. The molecule has 0 bridgehead atoms. The summed E-state index contributed by atoms with van der Waals surface area (Å²) < 4.78 is 11.2. The first-order valence-electron chi connectivity index (χ1n) is 8.00. The maximum atomic E-state index is 5.89. The highest BCUT2D eigenvalue weighted by molar-refractivity contribution is 5.39. The van der Waals surface area contributed by atoms with Gasteiger partial charge in [-0.25, -0.2) is 0 Å². The minimum absolute atomic E-state index is 0.178. The van der Waals surface area contributed by atoms with E-state index >= 15 is 0 Å². The lowest BCUT2D eigenvalue weighted by atomic mass is 10.1. The summed E-state index contributed by atoms with van der Waals surface area (Å²) in [7, 11) is 1.67. The van der Waals surface area contributed by atoms with Gasteiger partial charge in [-0.15, -0.1) is 0 Å². The van der Waals surface area contributed by atoms with Gasteiger partial charge in [-0.05, 0) is 45.9 Å². The van der Waals surface area contributed by atoms with Crippen molar-refractivity contribution in [3.05, 3.63) is 24.3 Å². The molecule has 0 amide bonds. The van der Waals surface area contributed by atoms with Crippen LogP contribution in [0.25, 0.3) is 0 Å². The van der Waals surface area contributed by atoms with E-state index in [2.05, 4.69) is 32.6 Å². The summed E-state index contributed by atoms with van der Waals surface area (Å²) >= 11 is 0. The molecule has 0 aliphatic rings. The Labute approximate surface area is 130 Å². The summed E-state index contributed by atoms with van der Waals surface area (Å²) in [5.41, 5.74) is 0.178. The minimum atomic E-state index is 0.178. The second-order valence-corrected chi connectivity index (χ2v) is 6.36. The smallest absolute Gasteiger partial charge is 0.161 e. The van der Waals surface area contributed by atoms with E-state index in [1.165, 1.54) is 19.3 Å². The Balaban J connectivity index is 2.49. The van der Waals surface area contributed by atoms with Gasteiger partial charge in [0.05, 0.1) is 7.11 Å². The Kier molecular flexibility index (Phi) is 7.58. The predicted octanol–water partition coefficient (Wildman–Crippen LogP) is 4.36. The Bertz CT molecular complexity index is 398.